The van der Waals surface area contributed by atoms with Crippen molar-refractivity contribution in [3.8, 4) is 0 Å². The summed E-state index contributed by atoms with van der Waals surface area (Å²) in [6, 6.07) is 2.03. The summed E-state index contributed by atoms with van der Waals surface area (Å²) < 4.78 is 5.74. The summed E-state index contributed by atoms with van der Waals surface area (Å²) in [6.45, 7) is 9.80. The molecule has 0 unspecified atom stereocenters. The number of hydrogen-bond acceptors (Lipinski definition) is 1. The van der Waals surface area contributed by atoms with Crippen LogP contribution in [0.2, 0.25) is 0 Å². The first-order chi connectivity index (χ1) is 7.72. The minimum absolute atomic E-state index is 0.860. The molecule has 0 atom stereocenters. The monoisotopic (exact) mass is 214 g/mol. The van der Waals surface area contributed by atoms with Crippen molar-refractivity contribution in [2.24, 2.45) is 0 Å². The summed E-state index contributed by atoms with van der Waals surface area (Å²) in [7, 11) is 0. The van der Waals surface area contributed by atoms with Gasteiger partial charge in [-0.15, -0.1) is 0 Å². The zero-order valence-electron chi connectivity index (χ0n) is 10.2. The SMILES string of the molecule is C=C/C(=C\C=C/C)c1cc(C)c(/C=C\C)o1. The third-order valence-electron chi connectivity index (χ3n) is 2.25. The Hall–Kier alpha value is -1.76. The molecule has 0 saturated heterocycles. The molecule has 0 aliphatic rings. The van der Waals surface area contributed by atoms with E-state index in [1.54, 1.807) is 6.08 Å². The van der Waals surface area contributed by atoms with E-state index < -0.39 is 0 Å². The van der Waals surface area contributed by atoms with Gasteiger partial charge in [0.15, 0.2) is 0 Å². The number of rotatable bonds is 4. The molecule has 0 saturated carbocycles. The average Bonchev–Trinajstić information content (AvgIpc) is 2.62. The molecule has 0 bridgehead atoms. The fourth-order valence-corrected chi connectivity index (χ4v) is 1.41. The van der Waals surface area contributed by atoms with E-state index in [0.717, 1.165) is 22.7 Å². The molecule has 0 amide bonds. The Kier molecular flexibility index (Phi) is 4.59. The van der Waals surface area contributed by atoms with Crippen LogP contribution in [0.4, 0.5) is 0 Å². The van der Waals surface area contributed by atoms with Crippen LogP contribution >= 0.6 is 0 Å². The van der Waals surface area contributed by atoms with Crippen molar-refractivity contribution >= 4 is 11.6 Å². The van der Waals surface area contributed by atoms with Crippen molar-refractivity contribution in [2.45, 2.75) is 20.8 Å². The number of furan rings is 1. The molecule has 16 heavy (non-hydrogen) atoms. The number of allylic oxidation sites excluding steroid dienone is 6. The maximum atomic E-state index is 5.74. The minimum Gasteiger partial charge on any atom is -0.456 e. The van der Waals surface area contributed by atoms with E-state index in [1.807, 2.05) is 57.2 Å². The Bertz CT molecular complexity index is 442. The second kappa shape index (κ2) is 5.96. The third-order valence-corrected chi connectivity index (χ3v) is 2.25. The lowest BCUT2D eigenvalue weighted by Crippen LogP contribution is -1.73. The Balaban J connectivity index is 3.12. The highest BCUT2D eigenvalue weighted by Gasteiger charge is 2.06. The maximum Gasteiger partial charge on any atom is 0.135 e. The predicted molar refractivity (Wildman–Crippen MR) is 71.1 cm³/mol. The summed E-state index contributed by atoms with van der Waals surface area (Å²) in [5.41, 5.74) is 2.14. The van der Waals surface area contributed by atoms with Crippen LogP contribution in [0.25, 0.3) is 11.6 Å². The maximum absolute atomic E-state index is 5.74. The summed E-state index contributed by atoms with van der Waals surface area (Å²) in [4.78, 5) is 0. The smallest absolute Gasteiger partial charge is 0.135 e. The van der Waals surface area contributed by atoms with E-state index in [0.29, 0.717) is 0 Å². The highest BCUT2D eigenvalue weighted by molar-refractivity contribution is 5.72. The van der Waals surface area contributed by atoms with Crippen molar-refractivity contribution in [1.29, 1.82) is 0 Å². The van der Waals surface area contributed by atoms with E-state index >= 15 is 0 Å². The van der Waals surface area contributed by atoms with Crippen LogP contribution in [-0.2, 0) is 0 Å². The van der Waals surface area contributed by atoms with Gasteiger partial charge in [-0.3, -0.25) is 0 Å². The largest absolute Gasteiger partial charge is 0.456 e. The summed E-state index contributed by atoms with van der Waals surface area (Å²) in [5.74, 6) is 1.77. The van der Waals surface area contributed by atoms with Crippen molar-refractivity contribution in [2.75, 3.05) is 0 Å². The molecule has 0 aliphatic carbocycles. The van der Waals surface area contributed by atoms with Gasteiger partial charge in [-0.1, -0.05) is 37.0 Å². The molecule has 0 fully saturated rings. The average molecular weight is 214 g/mol. The first kappa shape index (κ1) is 12.3. The van der Waals surface area contributed by atoms with E-state index in [9.17, 15) is 0 Å². The van der Waals surface area contributed by atoms with Crippen LogP contribution in [-0.4, -0.2) is 0 Å². The summed E-state index contributed by atoms with van der Waals surface area (Å²) >= 11 is 0. The van der Waals surface area contributed by atoms with Crippen LogP contribution in [0.5, 0.6) is 0 Å². The van der Waals surface area contributed by atoms with Crippen LogP contribution in [0.1, 0.15) is 30.9 Å². The fourth-order valence-electron chi connectivity index (χ4n) is 1.41. The molecular weight excluding hydrogens is 196 g/mol. The third kappa shape index (κ3) is 2.86. The Morgan fingerprint density at radius 3 is 2.62 bits per heavy atom. The van der Waals surface area contributed by atoms with Gasteiger partial charge in [0.05, 0.1) is 0 Å². The second-order valence-electron chi connectivity index (χ2n) is 3.51. The molecule has 0 spiro atoms. The highest BCUT2D eigenvalue weighted by atomic mass is 16.3. The predicted octanol–water partition coefficient (Wildman–Crippen LogP) is 4.77. The number of aryl methyl sites for hydroxylation is 1. The molecule has 1 heterocycles. The molecule has 1 heteroatoms. The normalized spacial score (nSPS) is 12.8. The van der Waals surface area contributed by atoms with Crippen molar-refractivity contribution < 1.29 is 4.42 Å². The molecule has 84 valence electrons. The molecular formula is C15H18O. The molecule has 0 aromatic carbocycles. The first-order valence-electron chi connectivity index (χ1n) is 5.41. The van der Waals surface area contributed by atoms with Gasteiger partial charge in [0, 0.05) is 5.57 Å². The topological polar surface area (TPSA) is 13.1 Å². The highest BCUT2D eigenvalue weighted by Crippen LogP contribution is 2.23. The number of hydrogen-bond donors (Lipinski definition) is 0. The molecule has 0 radical (unpaired) electrons. The molecule has 1 nitrogen and oxygen atoms in total. The summed E-state index contributed by atoms with van der Waals surface area (Å²) in [6.07, 6.45) is 11.7. The van der Waals surface area contributed by atoms with Gasteiger partial charge >= 0.3 is 0 Å². The van der Waals surface area contributed by atoms with E-state index in [4.69, 9.17) is 4.42 Å². The van der Waals surface area contributed by atoms with Gasteiger partial charge in [-0.25, -0.2) is 0 Å². The molecule has 1 aromatic heterocycles. The Morgan fingerprint density at radius 1 is 1.31 bits per heavy atom. The molecule has 1 rings (SSSR count). The lowest BCUT2D eigenvalue weighted by molar-refractivity contribution is 0.542. The minimum atomic E-state index is 0.860. The van der Waals surface area contributed by atoms with Crippen LogP contribution in [0, 0.1) is 6.92 Å². The quantitative estimate of drug-likeness (QED) is 0.658. The Labute approximate surface area is 97.5 Å². The van der Waals surface area contributed by atoms with Crippen LogP contribution in [0.15, 0.2) is 47.4 Å². The molecule has 0 aliphatic heterocycles. The summed E-state index contributed by atoms with van der Waals surface area (Å²) in [5, 5.41) is 0. The van der Waals surface area contributed by atoms with Crippen molar-refractivity contribution in [3.63, 3.8) is 0 Å². The van der Waals surface area contributed by atoms with Crippen LogP contribution < -0.4 is 0 Å². The lowest BCUT2D eigenvalue weighted by atomic mass is 10.1. The van der Waals surface area contributed by atoms with Gasteiger partial charge < -0.3 is 4.42 Å². The molecule has 1 aromatic rings. The second-order valence-corrected chi connectivity index (χ2v) is 3.51. The zero-order valence-corrected chi connectivity index (χ0v) is 10.2. The van der Waals surface area contributed by atoms with E-state index in [-0.39, 0.29) is 0 Å². The molecule has 0 N–H and O–H groups in total. The standard InChI is InChI=1S/C15H18O/c1-5-8-10-13(7-3)15-11-12(4)14(16-15)9-6-2/h5-11H,3H2,1-2,4H3/b8-5-,9-6-,13-10+. The van der Waals surface area contributed by atoms with Gasteiger partial charge in [-0.2, -0.15) is 0 Å². The van der Waals surface area contributed by atoms with Crippen LogP contribution in [0.3, 0.4) is 0 Å². The first-order valence-corrected chi connectivity index (χ1v) is 5.41. The van der Waals surface area contributed by atoms with E-state index in [1.165, 1.54) is 0 Å². The Morgan fingerprint density at radius 2 is 2.06 bits per heavy atom. The lowest BCUT2D eigenvalue weighted by Gasteiger charge is -1.94. The van der Waals surface area contributed by atoms with E-state index in [2.05, 4.69) is 6.58 Å². The van der Waals surface area contributed by atoms with Crippen molar-refractivity contribution in [1.82, 2.24) is 0 Å². The van der Waals surface area contributed by atoms with Gasteiger partial charge in [0.25, 0.3) is 0 Å². The van der Waals surface area contributed by atoms with Gasteiger partial charge in [0.2, 0.25) is 0 Å². The zero-order chi connectivity index (χ0) is 12.0. The van der Waals surface area contributed by atoms with Crippen molar-refractivity contribution in [3.05, 3.63) is 60.1 Å². The fraction of sp³-hybridized carbons (Fsp3) is 0.200. The van der Waals surface area contributed by atoms with Gasteiger partial charge in [0.1, 0.15) is 11.5 Å². The van der Waals surface area contributed by atoms with Gasteiger partial charge in [-0.05, 0) is 38.5 Å².